The van der Waals surface area contributed by atoms with E-state index in [1.54, 1.807) is 13.0 Å². The zero-order valence-electron chi connectivity index (χ0n) is 15.5. The van der Waals surface area contributed by atoms with E-state index in [2.05, 4.69) is 0 Å². The number of carbonyl (C=O) groups excluding carboxylic acids is 1. The molecule has 0 aromatic carbocycles. The Morgan fingerprint density at radius 3 is 2.65 bits per heavy atom. The number of hydrogen-bond acceptors (Lipinski definition) is 3. The summed E-state index contributed by atoms with van der Waals surface area (Å²) in [6.07, 6.45) is 5.32. The maximum Gasteiger partial charge on any atom is 0.307 e. The number of aliphatic carboxylic acids is 1. The Bertz CT molecular complexity index is 742. The van der Waals surface area contributed by atoms with Gasteiger partial charge in [0, 0.05) is 11.3 Å². The normalized spacial score (nSPS) is 52.7. The van der Waals surface area contributed by atoms with Gasteiger partial charge in [0.25, 0.3) is 0 Å². The van der Waals surface area contributed by atoms with Crippen LogP contribution in [-0.4, -0.2) is 33.7 Å². The molecule has 0 amide bonds. The lowest BCUT2D eigenvalue weighted by Crippen LogP contribution is -2.66. The molecule has 0 aromatic heterocycles. The number of alkyl halides is 1. The molecule has 0 aliphatic heterocycles. The third-order valence-corrected chi connectivity index (χ3v) is 8.25. The van der Waals surface area contributed by atoms with Gasteiger partial charge < -0.3 is 10.2 Å². The lowest BCUT2D eigenvalue weighted by molar-refractivity contribution is -0.198. The summed E-state index contributed by atoms with van der Waals surface area (Å²) in [7, 11) is 0. The Kier molecular flexibility index (Phi) is 3.63. The van der Waals surface area contributed by atoms with Gasteiger partial charge in [0.15, 0.2) is 11.5 Å². The van der Waals surface area contributed by atoms with Crippen LogP contribution in [0.1, 0.15) is 46.5 Å². The predicted octanol–water partition coefficient (Wildman–Crippen LogP) is 3.30. The second-order valence-electron chi connectivity index (χ2n) is 9.38. The first kappa shape index (κ1) is 17.9. The van der Waals surface area contributed by atoms with Gasteiger partial charge in [0.1, 0.15) is 0 Å². The molecule has 142 valence electrons. The summed E-state index contributed by atoms with van der Waals surface area (Å²) in [6.45, 7) is 5.65. The first-order valence-corrected chi connectivity index (χ1v) is 9.59. The summed E-state index contributed by atoms with van der Waals surface area (Å²) in [5.41, 5.74) is -2.72. The fourth-order valence-electron chi connectivity index (χ4n) is 7.10. The van der Waals surface area contributed by atoms with Crippen LogP contribution in [0.3, 0.4) is 0 Å². The molecule has 4 unspecified atom stereocenters. The quantitative estimate of drug-likeness (QED) is 0.750. The third kappa shape index (κ3) is 1.93. The number of fused-ring (bicyclic) bond motifs is 5. The van der Waals surface area contributed by atoms with Crippen molar-refractivity contribution < 1.29 is 24.2 Å². The highest BCUT2D eigenvalue weighted by Crippen LogP contribution is 2.69. The molecule has 0 radical (unpaired) electrons. The van der Waals surface area contributed by atoms with Crippen molar-refractivity contribution in [3.8, 4) is 0 Å². The molecular formula is C21H27FO4. The van der Waals surface area contributed by atoms with Crippen LogP contribution in [0.5, 0.6) is 0 Å². The molecule has 4 nitrogen and oxygen atoms in total. The van der Waals surface area contributed by atoms with Crippen LogP contribution < -0.4 is 0 Å². The average molecular weight is 362 g/mol. The number of ketones is 1. The Balaban J connectivity index is 1.82. The van der Waals surface area contributed by atoms with E-state index >= 15 is 4.39 Å². The number of carboxylic acids is 1. The number of carboxylic acid groups (broad SMARTS) is 1. The summed E-state index contributed by atoms with van der Waals surface area (Å²) in [6, 6.07) is 0. The van der Waals surface area contributed by atoms with Crippen molar-refractivity contribution in [2.75, 3.05) is 0 Å². The zero-order chi connectivity index (χ0) is 19.1. The Morgan fingerprint density at radius 1 is 1.31 bits per heavy atom. The van der Waals surface area contributed by atoms with Crippen LogP contribution >= 0.6 is 0 Å². The highest BCUT2D eigenvalue weighted by molar-refractivity contribution is 6.01. The zero-order valence-corrected chi connectivity index (χ0v) is 15.5. The molecular weight excluding hydrogens is 335 g/mol. The first-order valence-electron chi connectivity index (χ1n) is 9.59. The highest BCUT2D eigenvalue weighted by Gasteiger charge is 2.71. The lowest BCUT2D eigenvalue weighted by atomic mass is 9.45. The minimum atomic E-state index is -1.87. The number of allylic oxidation sites excluding steroid dienone is 4. The molecule has 3 fully saturated rings. The van der Waals surface area contributed by atoms with Crippen LogP contribution in [0, 0.1) is 34.5 Å². The Hall–Kier alpha value is -1.49. The van der Waals surface area contributed by atoms with Gasteiger partial charge in [-0.3, -0.25) is 9.59 Å². The van der Waals surface area contributed by atoms with Crippen molar-refractivity contribution in [3.05, 3.63) is 23.8 Å². The molecule has 5 heteroatoms. The van der Waals surface area contributed by atoms with Crippen molar-refractivity contribution in [1.82, 2.24) is 0 Å². The van der Waals surface area contributed by atoms with E-state index in [1.807, 2.05) is 13.8 Å². The fraction of sp³-hybridized carbons (Fsp3) is 0.714. The number of aliphatic hydroxyl groups is 1. The van der Waals surface area contributed by atoms with Gasteiger partial charge in [0.05, 0.1) is 12.0 Å². The monoisotopic (exact) mass is 362 g/mol. The van der Waals surface area contributed by atoms with Crippen LogP contribution in [0.4, 0.5) is 4.39 Å². The van der Waals surface area contributed by atoms with E-state index in [-0.39, 0.29) is 24.0 Å². The van der Waals surface area contributed by atoms with Crippen molar-refractivity contribution in [1.29, 1.82) is 0 Å². The fourth-order valence-corrected chi connectivity index (χ4v) is 7.10. The Labute approximate surface area is 153 Å². The largest absolute Gasteiger partial charge is 0.481 e. The van der Waals surface area contributed by atoms with E-state index in [0.717, 1.165) is 5.57 Å². The van der Waals surface area contributed by atoms with Crippen LogP contribution in [0.25, 0.3) is 0 Å². The molecule has 2 N–H and O–H groups in total. The molecule has 0 saturated heterocycles. The summed E-state index contributed by atoms with van der Waals surface area (Å²) in [5.74, 6) is -2.04. The molecule has 3 saturated carbocycles. The van der Waals surface area contributed by atoms with Crippen molar-refractivity contribution >= 4 is 11.8 Å². The first-order chi connectivity index (χ1) is 12.1. The van der Waals surface area contributed by atoms with Gasteiger partial charge in [-0.25, -0.2) is 4.39 Å². The van der Waals surface area contributed by atoms with Gasteiger partial charge in [-0.05, 0) is 62.0 Å². The molecule has 4 aliphatic carbocycles. The van der Waals surface area contributed by atoms with Crippen LogP contribution in [-0.2, 0) is 9.59 Å². The van der Waals surface area contributed by atoms with E-state index in [0.29, 0.717) is 19.3 Å². The van der Waals surface area contributed by atoms with Crippen molar-refractivity contribution in [2.45, 2.75) is 58.2 Å². The SMILES string of the molecule is CC1C[C@H]2[C@@H]3CCC4=CC(=O)C=C[C@]4(C)C3(F)C(O)C[C@]2(C)C1C(=O)O. The number of halogens is 1. The predicted molar refractivity (Wildman–Crippen MR) is 94.0 cm³/mol. The molecule has 26 heavy (non-hydrogen) atoms. The third-order valence-electron chi connectivity index (χ3n) is 8.25. The van der Waals surface area contributed by atoms with Crippen molar-refractivity contribution in [3.63, 3.8) is 0 Å². The summed E-state index contributed by atoms with van der Waals surface area (Å²) in [5, 5.41) is 20.8. The lowest BCUT2D eigenvalue weighted by Gasteiger charge is -2.61. The highest BCUT2D eigenvalue weighted by atomic mass is 19.1. The Morgan fingerprint density at radius 2 is 2.00 bits per heavy atom. The summed E-state index contributed by atoms with van der Waals surface area (Å²) >= 11 is 0. The molecule has 0 aromatic rings. The number of hydrogen-bond donors (Lipinski definition) is 2. The molecule has 0 spiro atoms. The van der Waals surface area contributed by atoms with E-state index < -0.39 is 40.4 Å². The van der Waals surface area contributed by atoms with E-state index in [9.17, 15) is 19.8 Å². The molecule has 0 heterocycles. The second kappa shape index (κ2) is 5.28. The maximum absolute atomic E-state index is 16.7. The molecule has 0 bridgehead atoms. The smallest absolute Gasteiger partial charge is 0.307 e. The van der Waals surface area contributed by atoms with Crippen LogP contribution in [0.15, 0.2) is 23.8 Å². The summed E-state index contributed by atoms with van der Waals surface area (Å²) < 4.78 is 16.7. The van der Waals surface area contributed by atoms with Gasteiger partial charge in [0.2, 0.25) is 0 Å². The number of aliphatic hydroxyl groups excluding tert-OH is 1. The van der Waals surface area contributed by atoms with Crippen molar-refractivity contribution in [2.24, 2.45) is 34.5 Å². The van der Waals surface area contributed by atoms with Gasteiger partial charge in [-0.1, -0.05) is 25.5 Å². The second-order valence-corrected chi connectivity index (χ2v) is 9.38. The standard InChI is InChI=1S/C21H27FO4/c1-11-8-15-14-5-4-12-9-13(23)6-7-20(12,3)21(14,22)16(24)10-19(15,2)17(11)18(25)26/h6-7,9,11,14-17,24H,4-5,8,10H2,1-3H3,(H,25,26)/t11?,14-,15-,16?,17?,19-,20-,21?/m0/s1. The van der Waals surface area contributed by atoms with E-state index in [1.165, 1.54) is 12.2 Å². The minimum Gasteiger partial charge on any atom is -0.481 e. The maximum atomic E-state index is 16.7. The van der Waals surface area contributed by atoms with Gasteiger partial charge >= 0.3 is 5.97 Å². The van der Waals surface area contributed by atoms with E-state index in [4.69, 9.17) is 0 Å². The van der Waals surface area contributed by atoms with Gasteiger partial charge in [-0.2, -0.15) is 0 Å². The number of carbonyl (C=O) groups is 2. The number of rotatable bonds is 1. The topological polar surface area (TPSA) is 74.6 Å². The minimum absolute atomic E-state index is 0.0368. The molecule has 4 aliphatic rings. The average Bonchev–Trinajstić information content (AvgIpc) is 2.80. The summed E-state index contributed by atoms with van der Waals surface area (Å²) in [4.78, 5) is 23.7. The molecule has 4 rings (SSSR count). The van der Waals surface area contributed by atoms with Crippen LogP contribution in [0.2, 0.25) is 0 Å². The van der Waals surface area contributed by atoms with Gasteiger partial charge in [-0.15, -0.1) is 0 Å². The molecule has 8 atom stereocenters.